The van der Waals surface area contributed by atoms with E-state index in [2.05, 4.69) is 5.32 Å². The van der Waals surface area contributed by atoms with E-state index in [4.69, 9.17) is 9.15 Å². The number of furan rings is 1. The van der Waals surface area contributed by atoms with Gasteiger partial charge in [-0.05, 0) is 43.5 Å². The van der Waals surface area contributed by atoms with Crippen molar-refractivity contribution in [2.45, 2.75) is 39.0 Å². The van der Waals surface area contributed by atoms with Crippen LogP contribution in [0.25, 0.3) is 0 Å². The molecule has 0 spiro atoms. The molecule has 0 atom stereocenters. The second-order valence-corrected chi connectivity index (χ2v) is 5.34. The lowest BCUT2D eigenvalue weighted by Gasteiger charge is -2.04. The Hall–Kier alpha value is -1.88. The highest BCUT2D eigenvalue weighted by atomic mass is 19.2. The third-order valence-corrected chi connectivity index (χ3v) is 3.47. The largest absolute Gasteiger partial charge is 0.486 e. The zero-order valence-corrected chi connectivity index (χ0v) is 11.8. The Balaban J connectivity index is 1.59. The maximum atomic E-state index is 13.1. The number of nitrogens with one attached hydrogen (secondary N) is 1. The molecule has 0 unspecified atom stereocenters. The number of aryl methyl sites for hydroxylation is 1. The van der Waals surface area contributed by atoms with Crippen LogP contribution in [0.1, 0.15) is 29.9 Å². The van der Waals surface area contributed by atoms with Gasteiger partial charge in [-0.2, -0.15) is 0 Å². The van der Waals surface area contributed by atoms with Crippen molar-refractivity contribution in [1.29, 1.82) is 0 Å². The summed E-state index contributed by atoms with van der Waals surface area (Å²) in [4.78, 5) is 0. The fourth-order valence-corrected chi connectivity index (χ4v) is 2.08. The summed E-state index contributed by atoms with van der Waals surface area (Å²) < 4.78 is 37.0. The van der Waals surface area contributed by atoms with Crippen molar-refractivity contribution in [3.05, 3.63) is 53.0 Å². The molecule has 0 aliphatic heterocycles. The van der Waals surface area contributed by atoms with Gasteiger partial charge in [0, 0.05) is 12.1 Å². The molecule has 3 rings (SSSR count). The average molecular weight is 293 g/mol. The van der Waals surface area contributed by atoms with Crippen molar-refractivity contribution in [1.82, 2.24) is 5.32 Å². The first-order chi connectivity index (χ1) is 10.1. The van der Waals surface area contributed by atoms with Crippen LogP contribution in [0.2, 0.25) is 0 Å². The van der Waals surface area contributed by atoms with Crippen LogP contribution in [0.5, 0.6) is 5.75 Å². The third-order valence-electron chi connectivity index (χ3n) is 3.47. The van der Waals surface area contributed by atoms with Gasteiger partial charge in [-0.15, -0.1) is 0 Å². The van der Waals surface area contributed by atoms with Crippen LogP contribution < -0.4 is 10.1 Å². The first-order valence-electron chi connectivity index (χ1n) is 7.01. The topological polar surface area (TPSA) is 34.4 Å². The number of hydrogen-bond donors (Lipinski definition) is 1. The molecule has 1 aliphatic carbocycles. The average Bonchev–Trinajstić information content (AvgIpc) is 3.22. The quantitative estimate of drug-likeness (QED) is 0.882. The van der Waals surface area contributed by atoms with E-state index in [0.717, 1.165) is 23.5 Å². The molecule has 1 N–H and O–H groups in total. The summed E-state index contributed by atoms with van der Waals surface area (Å²) in [5.41, 5.74) is 1.06. The van der Waals surface area contributed by atoms with Gasteiger partial charge in [-0.25, -0.2) is 8.78 Å². The van der Waals surface area contributed by atoms with E-state index >= 15 is 0 Å². The van der Waals surface area contributed by atoms with Gasteiger partial charge in [-0.3, -0.25) is 0 Å². The summed E-state index contributed by atoms with van der Waals surface area (Å²) in [6.07, 6.45) is 2.46. The minimum atomic E-state index is -0.919. The van der Waals surface area contributed by atoms with Crippen LogP contribution in [0, 0.1) is 18.6 Å². The SMILES string of the molecule is Cc1cc(COc2ccc(F)c(F)c2)oc1CNC1CC1. The number of halogens is 2. The molecule has 0 bridgehead atoms. The van der Waals surface area contributed by atoms with Gasteiger partial charge in [0.05, 0.1) is 6.54 Å². The van der Waals surface area contributed by atoms with Crippen LogP contribution >= 0.6 is 0 Å². The van der Waals surface area contributed by atoms with Gasteiger partial charge in [0.2, 0.25) is 0 Å². The molecule has 0 radical (unpaired) electrons. The standard InChI is InChI=1S/C16H17F2NO2/c1-10-6-13(21-16(10)8-19-11-2-3-11)9-20-12-4-5-14(17)15(18)7-12/h4-7,11,19H,2-3,8-9H2,1H3. The highest BCUT2D eigenvalue weighted by Crippen LogP contribution is 2.22. The van der Waals surface area contributed by atoms with Crippen LogP contribution in [0.15, 0.2) is 28.7 Å². The van der Waals surface area contributed by atoms with Gasteiger partial charge in [0.15, 0.2) is 11.6 Å². The molecular formula is C16H17F2NO2. The van der Waals surface area contributed by atoms with Crippen molar-refractivity contribution in [2.75, 3.05) is 0 Å². The molecule has 1 fully saturated rings. The molecule has 2 aromatic rings. The van der Waals surface area contributed by atoms with E-state index in [9.17, 15) is 8.78 Å². The molecule has 5 heteroatoms. The Labute approximate surface area is 121 Å². The van der Waals surface area contributed by atoms with E-state index < -0.39 is 11.6 Å². The smallest absolute Gasteiger partial charge is 0.162 e. The lowest BCUT2D eigenvalue weighted by atomic mass is 10.2. The molecule has 1 heterocycles. The Morgan fingerprint density at radius 1 is 1.24 bits per heavy atom. The summed E-state index contributed by atoms with van der Waals surface area (Å²) in [5.74, 6) is 0.0401. The summed E-state index contributed by atoms with van der Waals surface area (Å²) >= 11 is 0. The normalized spacial score (nSPS) is 14.4. The third kappa shape index (κ3) is 3.61. The van der Waals surface area contributed by atoms with Crippen LogP contribution in [0.4, 0.5) is 8.78 Å². The maximum Gasteiger partial charge on any atom is 0.162 e. The summed E-state index contributed by atoms with van der Waals surface area (Å²) in [7, 11) is 0. The first kappa shape index (κ1) is 14.1. The number of hydrogen-bond acceptors (Lipinski definition) is 3. The molecule has 3 nitrogen and oxygen atoms in total. The molecule has 0 amide bonds. The molecule has 0 saturated heterocycles. The molecule has 1 aliphatic rings. The first-order valence-corrected chi connectivity index (χ1v) is 7.01. The molecule has 1 aromatic heterocycles. The highest BCUT2D eigenvalue weighted by molar-refractivity contribution is 5.24. The van der Waals surface area contributed by atoms with E-state index in [1.165, 1.54) is 18.9 Å². The lowest BCUT2D eigenvalue weighted by Crippen LogP contribution is -2.15. The summed E-state index contributed by atoms with van der Waals surface area (Å²) in [6.45, 7) is 2.88. The molecule has 112 valence electrons. The molecule has 21 heavy (non-hydrogen) atoms. The van der Waals surface area contributed by atoms with Crippen molar-refractivity contribution in [2.24, 2.45) is 0 Å². The maximum absolute atomic E-state index is 13.1. The van der Waals surface area contributed by atoms with Crippen molar-refractivity contribution in [3.63, 3.8) is 0 Å². The highest BCUT2D eigenvalue weighted by Gasteiger charge is 2.21. The second kappa shape index (κ2) is 5.85. The van der Waals surface area contributed by atoms with E-state index in [1.54, 1.807) is 0 Å². The molecular weight excluding hydrogens is 276 g/mol. The zero-order valence-electron chi connectivity index (χ0n) is 11.8. The number of ether oxygens (including phenoxy) is 1. The summed E-state index contributed by atoms with van der Waals surface area (Å²) in [6, 6.07) is 5.99. The van der Waals surface area contributed by atoms with Gasteiger partial charge >= 0.3 is 0 Å². The van der Waals surface area contributed by atoms with Crippen LogP contribution in [-0.2, 0) is 13.2 Å². The van der Waals surface area contributed by atoms with Gasteiger partial charge in [0.1, 0.15) is 23.9 Å². The second-order valence-electron chi connectivity index (χ2n) is 5.34. The summed E-state index contributed by atoms with van der Waals surface area (Å²) in [5, 5.41) is 3.39. The Kier molecular flexibility index (Phi) is 3.92. The Morgan fingerprint density at radius 3 is 2.76 bits per heavy atom. The van der Waals surface area contributed by atoms with E-state index in [1.807, 2.05) is 13.0 Å². The van der Waals surface area contributed by atoms with Crippen molar-refractivity contribution < 1.29 is 17.9 Å². The van der Waals surface area contributed by atoms with Gasteiger partial charge in [0.25, 0.3) is 0 Å². The fourth-order valence-electron chi connectivity index (χ4n) is 2.08. The fraction of sp³-hybridized carbons (Fsp3) is 0.375. The minimum Gasteiger partial charge on any atom is -0.486 e. The van der Waals surface area contributed by atoms with Gasteiger partial charge < -0.3 is 14.5 Å². The Bertz CT molecular complexity index is 635. The number of benzene rings is 1. The zero-order chi connectivity index (χ0) is 14.8. The molecule has 1 aromatic carbocycles. The Morgan fingerprint density at radius 2 is 2.05 bits per heavy atom. The predicted molar refractivity (Wildman–Crippen MR) is 74.0 cm³/mol. The van der Waals surface area contributed by atoms with E-state index in [-0.39, 0.29) is 12.4 Å². The predicted octanol–water partition coefficient (Wildman–Crippen LogP) is 3.70. The van der Waals surface area contributed by atoms with Crippen LogP contribution in [0.3, 0.4) is 0 Å². The van der Waals surface area contributed by atoms with E-state index in [0.29, 0.717) is 18.3 Å². The van der Waals surface area contributed by atoms with Gasteiger partial charge in [-0.1, -0.05) is 0 Å². The monoisotopic (exact) mass is 293 g/mol. The van der Waals surface area contributed by atoms with Crippen molar-refractivity contribution in [3.8, 4) is 5.75 Å². The lowest BCUT2D eigenvalue weighted by molar-refractivity contribution is 0.263. The molecule has 1 saturated carbocycles. The van der Waals surface area contributed by atoms with Crippen LogP contribution in [-0.4, -0.2) is 6.04 Å². The number of rotatable bonds is 6. The minimum absolute atomic E-state index is 0.190. The van der Waals surface area contributed by atoms with Crippen molar-refractivity contribution >= 4 is 0 Å².